The highest BCUT2D eigenvalue weighted by atomic mass is 19.4. The molecule has 0 bridgehead atoms. The maximum Gasteiger partial charge on any atom is 0.416 e. The molecule has 3 rings (SSSR count). The van der Waals surface area contributed by atoms with Crippen molar-refractivity contribution in [1.29, 1.82) is 0 Å². The number of rotatable bonds is 7. The van der Waals surface area contributed by atoms with Gasteiger partial charge >= 0.3 is 12.2 Å². The molecule has 3 aromatic rings. The van der Waals surface area contributed by atoms with Crippen molar-refractivity contribution in [3.63, 3.8) is 0 Å². The van der Waals surface area contributed by atoms with Gasteiger partial charge in [-0.05, 0) is 29.8 Å². The third-order valence-electron chi connectivity index (χ3n) is 3.78. The standard InChI is InChI=1S/C20H17F3N2O3/c21-20(22,23)18-8-2-1-5-14(18)11-15(26)13-27-16-6-3-7-17(12-16)28-19-24-9-4-10-25-19/h1-10,12,15,26H,11,13H2/t15-/m0/s1. The molecule has 0 aliphatic rings. The molecule has 146 valence electrons. The van der Waals surface area contributed by atoms with Crippen LogP contribution in [0.1, 0.15) is 11.1 Å². The van der Waals surface area contributed by atoms with Crippen LogP contribution in [0.2, 0.25) is 0 Å². The van der Waals surface area contributed by atoms with Crippen molar-refractivity contribution in [2.75, 3.05) is 6.61 Å². The maximum atomic E-state index is 13.0. The van der Waals surface area contributed by atoms with E-state index in [4.69, 9.17) is 9.47 Å². The molecule has 0 aliphatic heterocycles. The number of hydrogen-bond donors (Lipinski definition) is 1. The molecular weight excluding hydrogens is 373 g/mol. The summed E-state index contributed by atoms with van der Waals surface area (Å²) < 4.78 is 50.1. The van der Waals surface area contributed by atoms with E-state index in [9.17, 15) is 18.3 Å². The SMILES string of the molecule is O[C@H](COc1cccc(Oc2ncccn2)c1)Cc1ccccc1C(F)(F)F. The summed E-state index contributed by atoms with van der Waals surface area (Å²) in [6, 6.07) is 13.6. The Morgan fingerprint density at radius 2 is 1.64 bits per heavy atom. The zero-order valence-electron chi connectivity index (χ0n) is 14.6. The van der Waals surface area contributed by atoms with E-state index in [1.54, 1.807) is 30.3 Å². The van der Waals surface area contributed by atoms with E-state index in [0.717, 1.165) is 6.07 Å². The highest BCUT2D eigenvalue weighted by Gasteiger charge is 2.33. The summed E-state index contributed by atoms with van der Waals surface area (Å²) in [7, 11) is 0. The second-order valence-corrected chi connectivity index (χ2v) is 5.93. The van der Waals surface area contributed by atoms with Crippen LogP contribution in [0.5, 0.6) is 17.5 Å². The van der Waals surface area contributed by atoms with Crippen LogP contribution >= 0.6 is 0 Å². The third kappa shape index (κ3) is 5.43. The molecule has 0 unspecified atom stereocenters. The van der Waals surface area contributed by atoms with E-state index in [2.05, 4.69) is 9.97 Å². The smallest absolute Gasteiger partial charge is 0.416 e. The molecule has 0 saturated heterocycles. The molecule has 1 aromatic heterocycles. The molecule has 8 heteroatoms. The van der Waals surface area contributed by atoms with Crippen molar-refractivity contribution < 1.29 is 27.8 Å². The van der Waals surface area contributed by atoms with Gasteiger partial charge in [0, 0.05) is 24.9 Å². The van der Waals surface area contributed by atoms with Gasteiger partial charge < -0.3 is 14.6 Å². The minimum atomic E-state index is -4.47. The summed E-state index contributed by atoms with van der Waals surface area (Å²) >= 11 is 0. The number of halogens is 3. The topological polar surface area (TPSA) is 64.5 Å². The lowest BCUT2D eigenvalue weighted by Crippen LogP contribution is -2.22. The third-order valence-corrected chi connectivity index (χ3v) is 3.78. The Balaban J connectivity index is 1.60. The van der Waals surface area contributed by atoms with Crippen molar-refractivity contribution in [2.24, 2.45) is 0 Å². The molecule has 1 N–H and O–H groups in total. The van der Waals surface area contributed by atoms with Crippen LogP contribution in [0.3, 0.4) is 0 Å². The van der Waals surface area contributed by atoms with Crippen LogP contribution in [0.25, 0.3) is 0 Å². The van der Waals surface area contributed by atoms with Gasteiger partial charge in [-0.1, -0.05) is 24.3 Å². The zero-order valence-corrected chi connectivity index (χ0v) is 14.6. The molecule has 0 fully saturated rings. The average Bonchev–Trinajstić information content (AvgIpc) is 2.67. The van der Waals surface area contributed by atoms with Crippen LogP contribution in [0.4, 0.5) is 13.2 Å². The quantitative estimate of drug-likeness (QED) is 0.653. The number of hydrogen-bond acceptors (Lipinski definition) is 5. The minimum Gasteiger partial charge on any atom is -0.491 e. The molecular formula is C20H17F3N2O3. The van der Waals surface area contributed by atoms with Gasteiger partial charge in [0.05, 0.1) is 11.7 Å². The van der Waals surface area contributed by atoms with Crippen molar-refractivity contribution in [1.82, 2.24) is 9.97 Å². The first-order chi connectivity index (χ1) is 13.4. The molecule has 2 aromatic carbocycles. The first-order valence-electron chi connectivity index (χ1n) is 8.43. The van der Waals surface area contributed by atoms with Crippen molar-refractivity contribution in [3.8, 4) is 17.5 Å². The average molecular weight is 390 g/mol. The van der Waals surface area contributed by atoms with Gasteiger partial charge in [0.15, 0.2) is 0 Å². The Morgan fingerprint density at radius 3 is 2.39 bits per heavy atom. The van der Waals surface area contributed by atoms with E-state index in [0.29, 0.717) is 11.5 Å². The molecule has 1 heterocycles. The van der Waals surface area contributed by atoms with Gasteiger partial charge in [-0.25, -0.2) is 9.97 Å². The summed E-state index contributed by atoms with van der Waals surface area (Å²) in [5, 5.41) is 10.1. The Labute approximate surface area is 159 Å². The fourth-order valence-electron chi connectivity index (χ4n) is 2.55. The summed E-state index contributed by atoms with van der Waals surface area (Å²) in [5.41, 5.74) is -0.739. The lowest BCUT2D eigenvalue weighted by Gasteiger charge is -2.16. The fourth-order valence-corrected chi connectivity index (χ4v) is 2.55. The fraction of sp³-hybridized carbons (Fsp3) is 0.200. The summed E-state index contributed by atoms with van der Waals surface area (Å²) in [6.45, 7) is -0.169. The maximum absolute atomic E-state index is 13.0. The minimum absolute atomic E-state index is 0.0180. The van der Waals surface area contributed by atoms with Crippen LogP contribution in [0, 0.1) is 0 Å². The zero-order chi connectivity index (χ0) is 20.0. The molecule has 5 nitrogen and oxygen atoms in total. The highest BCUT2D eigenvalue weighted by molar-refractivity contribution is 5.34. The van der Waals surface area contributed by atoms with Gasteiger partial charge in [0.1, 0.15) is 18.1 Å². The van der Waals surface area contributed by atoms with Gasteiger partial charge in [0.25, 0.3) is 0 Å². The number of alkyl halides is 3. The van der Waals surface area contributed by atoms with Gasteiger partial charge in [0.2, 0.25) is 0 Å². The molecule has 0 aliphatic carbocycles. The molecule has 1 atom stereocenters. The number of benzene rings is 2. The lowest BCUT2D eigenvalue weighted by atomic mass is 10.0. The Kier molecular flexibility index (Phi) is 6.10. The molecule has 0 amide bonds. The predicted octanol–water partition coefficient (Wildman–Crippen LogP) is 4.27. The van der Waals surface area contributed by atoms with E-state index in [1.807, 2.05) is 0 Å². The van der Waals surface area contributed by atoms with E-state index in [-0.39, 0.29) is 24.6 Å². The Bertz CT molecular complexity index is 904. The van der Waals surface area contributed by atoms with Crippen LogP contribution < -0.4 is 9.47 Å². The van der Waals surface area contributed by atoms with Gasteiger partial charge in [-0.3, -0.25) is 0 Å². The van der Waals surface area contributed by atoms with Crippen molar-refractivity contribution >= 4 is 0 Å². The van der Waals surface area contributed by atoms with Crippen LogP contribution in [-0.2, 0) is 12.6 Å². The van der Waals surface area contributed by atoms with Crippen LogP contribution in [0.15, 0.2) is 67.0 Å². The van der Waals surface area contributed by atoms with E-state index < -0.39 is 17.8 Å². The monoisotopic (exact) mass is 390 g/mol. The second kappa shape index (κ2) is 8.71. The predicted molar refractivity (Wildman–Crippen MR) is 95.2 cm³/mol. The first kappa shape index (κ1) is 19.6. The summed E-state index contributed by atoms with van der Waals surface area (Å²) in [6.07, 6.45) is -2.67. The molecule has 0 saturated carbocycles. The number of aliphatic hydroxyl groups is 1. The van der Waals surface area contributed by atoms with Gasteiger partial charge in [-0.15, -0.1) is 0 Å². The largest absolute Gasteiger partial charge is 0.491 e. The Morgan fingerprint density at radius 1 is 0.929 bits per heavy atom. The number of ether oxygens (including phenoxy) is 2. The summed E-state index contributed by atoms with van der Waals surface area (Å²) in [4.78, 5) is 7.89. The first-order valence-corrected chi connectivity index (χ1v) is 8.43. The van der Waals surface area contributed by atoms with E-state index >= 15 is 0 Å². The second-order valence-electron chi connectivity index (χ2n) is 5.93. The number of aliphatic hydroxyl groups excluding tert-OH is 1. The van der Waals surface area contributed by atoms with E-state index in [1.165, 1.54) is 30.6 Å². The molecule has 0 radical (unpaired) electrons. The number of aromatic nitrogens is 2. The summed E-state index contributed by atoms with van der Waals surface area (Å²) in [5.74, 6) is 0.831. The highest BCUT2D eigenvalue weighted by Crippen LogP contribution is 2.32. The number of nitrogens with zero attached hydrogens (tertiary/aromatic N) is 2. The van der Waals surface area contributed by atoms with Crippen LogP contribution in [-0.4, -0.2) is 27.8 Å². The Hall–Kier alpha value is -3.13. The van der Waals surface area contributed by atoms with Crippen molar-refractivity contribution in [2.45, 2.75) is 18.7 Å². The van der Waals surface area contributed by atoms with Gasteiger partial charge in [-0.2, -0.15) is 13.2 Å². The molecule has 28 heavy (non-hydrogen) atoms. The normalized spacial score (nSPS) is 12.4. The van der Waals surface area contributed by atoms with Crippen molar-refractivity contribution in [3.05, 3.63) is 78.1 Å². The molecule has 0 spiro atoms. The lowest BCUT2D eigenvalue weighted by molar-refractivity contribution is -0.138.